The molecule has 1 rings (SSSR count). The standard InChI is InChI=1S/C11H10F2O/c1-7(5-8(2)14)9-3-4-10(12)11(13)6-9/h3-6H,1-2H3/b7-5+. The van der Waals surface area contributed by atoms with Gasteiger partial charge in [0.1, 0.15) is 0 Å². The number of benzene rings is 1. The SMILES string of the molecule is CC(=O)/C=C(\C)c1ccc(F)c(F)c1. The molecule has 0 saturated heterocycles. The van der Waals surface area contributed by atoms with Gasteiger partial charge in [-0.3, -0.25) is 4.79 Å². The van der Waals surface area contributed by atoms with Crippen molar-refractivity contribution in [3.63, 3.8) is 0 Å². The Balaban J connectivity index is 3.09. The lowest BCUT2D eigenvalue weighted by atomic mass is 10.1. The maximum Gasteiger partial charge on any atom is 0.159 e. The maximum atomic E-state index is 12.8. The van der Waals surface area contributed by atoms with Crippen LogP contribution in [0.15, 0.2) is 24.3 Å². The summed E-state index contributed by atoms with van der Waals surface area (Å²) >= 11 is 0. The molecule has 0 saturated carbocycles. The van der Waals surface area contributed by atoms with E-state index in [1.54, 1.807) is 6.92 Å². The second kappa shape index (κ2) is 4.13. The van der Waals surface area contributed by atoms with E-state index in [-0.39, 0.29) is 5.78 Å². The molecule has 0 aromatic heterocycles. The van der Waals surface area contributed by atoms with Crippen molar-refractivity contribution in [3.8, 4) is 0 Å². The largest absolute Gasteiger partial charge is 0.295 e. The zero-order valence-corrected chi connectivity index (χ0v) is 7.97. The summed E-state index contributed by atoms with van der Waals surface area (Å²) in [5.41, 5.74) is 1.13. The van der Waals surface area contributed by atoms with E-state index in [1.807, 2.05) is 0 Å². The van der Waals surface area contributed by atoms with E-state index in [0.717, 1.165) is 12.1 Å². The van der Waals surface area contributed by atoms with Crippen LogP contribution in [0.5, 0.6) is 0 Å². The number of rotatable bonds is 2. The van der Waals surface area contributed by atoms with Gasteiger partial charge in [-0.25, -0.2) is 8.78 Å². The molecule has 0 fully saturated rings. The highest BCUT2D eigenvalue weighted by molar-refractivity contribution is 5.94. The van der Waals surface area contributed by atoms with Gasteiger partial charge in [0, 0.05) is 0 Å². The van der Waals surface area contributed by atoms with Gasteiger partial charge in [-0.1, -0.05) is 6.07 Å². The molecule has 1 aromatic carbocycles. The van der Waals surface area contributed by atoms with Crippen molar-refractivity contribution in [1.82, 2.24) is 0 Å². The van der Waals surface area contributed by atoms with E-state index < -0.39 is 11.6 Å². The monoisotopic (exact) mass is 196 g/mol. The average molecular weight is 196 g/mol. The van der Waals surface area contributed by atoms with Gasteiger partial charge in [0.05, 0.1) is 0 Å². The number of hydrogen-bond acceptors (Lipinski definition) is 1. The van der Waals surface area contributed by atoms with E-state index in [0.29, 0.717) is 11.1 Å². The zero-order valence-electron chi connectivity index (χ0n) is 7.97. The minimum absolute atomic E-state index is 0.118. The number of allylic oxidation sites excluding steroid dienone is 2. The van der Waals surface area contributed by atoms with Crippen LogP contribution in [0, 0.1) is 11.6 Å². The molecular weight excluding hydrogens is 186 g/mol. The molecule has 0 spiro atoms. The molecule has 74 valence electrons. The zero-order chi connectivity index (χ0) is 10.7. The van der Waals surface area contributed by atoms with Crippen LogP contribution in [0.25, 0.3) is 5.57 Å². The van der Waals surface area contributed by atoms with Gasteiger partial charge in [0.2, 0.25) is 0 Å². The Bertz CT molecular complexity index is 394. The highest BCUT2D eigenvalue weighted by Crippen LogP contribution is 2.16. The molecule has 0 atom stereocenters. The molecule has 0 radical (unpaired) electrons. The topological polar surface area (TPSA) is 17.1 Å². The second-order valence-corrected chi connectivity index (χ2v) is 3.07. The summed E-state index contributed by atoms with van der Waals surface area (Å²) in [4.78, 5) is 10.7. The Morgan fingerprint density at radius 1 is 1.21 bits per heavy atom. The summed E-state index contributed by atoms with van der Waals surface area (Å²) in [7, 11) is 0. The van der Waals surface area contributed by atoms with Gasteiger partial charge in [-0.2, -0.15) is 0 Å². The summed E-state index contributed by atoms with van der Waals surface area (Å²) in [5, 5.41) is 0. The number of ketones is 1. The predicted molar refractivity (Wildman–Crippen MR) is 50.7 cm³/mol. The quantitative estimate of drug-likeness (QED) is 0.664. The van der Waals surface area contributed by atoms with Crippen molar-refractivity contribution >= 4 is 11.4 Å². The Hall–Kier alpha value is -1.51. The molecule has 0 N–H and O–H groups in total. The normalized spacial score (nSPS) is 11.6. The fourth-order valence-electron chi connectivity index (χ4n) is 1.13. The third-order valence-corrected chi connectivity index (χ3v) is 1.79. The first-order valence-electron chi connectivity index (χ1n) is 4.15. The number of hydrogen-bond donors (Lipinski definition) is 0. The maximum absolute atomic E-state index is 12.8. The van der Waals surface area contributed by atoms with E-state index in [2.05, 4.69) is 0 Å². The third-order valence-electron chi connectivity index (χ3n) is 1.79. The van der Waals surface area contributed by atoms with E-state index in [9.17, 15) is 13.6 Å². The van der Waals surface area contributed by atoms with Gasteiger partial charge in [0.25, 0.3) is 0 Å². The summed E-state index contributed by atoms with van der Waals surface area (Å²) < 4.78 is 25.4. The Kier molecular flexibility index (Phi) is 3.12. The Labute approximate surface area is 81.1 Å². The molecule has 0 aliphatic heterocycles. The third kappa shape index (κ3) is 2.49. The average Bonchev–Trinajstić information content (AvgIpc) is 2.08. The first-order chi connectivity index (χ1) is 6.50. The highest BCUT2D eigenvalue weighted by Gasteiger charge is 2.03. The lowest BCUT2D eigenvalue weighted by Crippen LogP contribution is -1.89. The van der Waals surface area contributed by atoms with Crippen LogP contribution in [0.2, 0.25) is 0 Å². The number of halogens is 2. The molecule has 1 nitrogen and oxygen atoms in total. The first kappa shape index (κ1) is 10.6. The fraction of sp³-hybridized carbons (Fsp3) is 0.182. The molecule has 0 unspecified atom stereocenters. The van der Waals surface area contributed by atoms with Gasteiger partial charge in [0.15, 0.2) is 17.4 Å². The van der Waals surface area contributed by atoms with Crippen molar-refractivity contribution in [2.75, 3.05) is 0 Å². The van der Waals surface area contributed by atoms with E-state index >= 15 is 0 Å². The minimum Gasteiger partial charge on any atom is -0.295 e. The molecule has 3 heteroatoms. The van der Waals surface area contributed by atoms with Crippen LogP contribution >= 0.6 is 0 Å². The van der Waals surface area contributed by atoms with Crippen molar-refractivity contribution in [2.45, 2.75) is 13.8 Å². The lowest BCUT2D eigenvalue weighted by molar-refractivity contribution is -0.112. The van der Waals surface area contributed by atoms with Crippen molar-refractivity contribution in [1.29, 1.82) is 0 Å². The molecule has 14 heavy (non-hydrogen) atoms. The van der Waals surface area contributed by atoms with Crippen molar-refractivity contribution in [2.24, 2.45) is 0 Å². The van der Waals surface area contributed by atoms with E-state index in [4.69, 9.17) is 0 Å². The summed E-state index contributed by atoms with van der Waals surface area (Å²) in [6.45, 7) is 3.08. The Morgan fingerprint density at radius 3 is 2.36 bits per heavy atom. The fourth-order valence-corrected chi connectivity index (χ4v) is 1.13. The summed E-state index contributed by atoms with van der Waals surface area (Å²) in [5.74, 6) is -1.91. The van der Waals surface area contributed by atoms with Crippen LogP contribution in [0.3, 0.4) is 0 Å². The number of carbonyl (C=O) groups is 1. The molecule has 0 aliphatic carbocycles. The number of carbonyl (C=O) groups excluding carboxylic acids is 1. The molecule has 0 bridgehead atoms. The minimum atomic E-state index is -0.904. The van der Waals surface area contributed by atoms with Crippen LogP contribution in [-0.2, 0) is 4.79 Å². The van der Waals surface area contributed by atoms with E-state index in [1.165, 1.54) is 19.1 Å². The van der Waals surface area contributed by atoms with Gasteiger partial charge in [-0.05, 0) is 43.2 Å². The second-order valence-electron chi connectivity index (χ2n) is 3.07. The molecular formula is C11H10F2O. The molecule has 0 heterocycles. The first-order valence-corrected chi connectivity index (χ1v) is 4.15. The van der Waals surface area contributed by atoms with Crippen molar-refractivity contribution in [3.05, 3.63) is 41.5 Å². The van der Waals surface area contributed by atoms with Crippen LogP contribution in [0.1, 0.15) is 19.4 Å². The predicted octanol–water partition coefficient (Wildman–Crippen LogP) is 2.96. The van der Waals surface area contributed by atoms with Gasteiger partial charge >= 0.3 is 0 Å². The Morgan fingerprint density at radius 2 is 1.86 bits per heavy atom. The van der Waals surface area contributed by atoms with Crippen LogP contribution < -0.4 is 0 Å². The van der Waals surface area contributed by atoms with Gasteiger partial charge in [-0.15, -0.1) is 0 Å². The lowest BCUT2D eigenvalue weighted by Gasteiger charge is -2.01. The molecule has 1 aromatic rings. The molecule has 0 aliphatic rings. The smallest absolute Gasteiger partial charge is 0.159 e. The van der Waals surface area contributed by atoms with Crippen molar-refractivity contribution < 1.29 is 13.6 Å². The van der Waals surface area contributed by atoms with Crippen LogP contribution in [0.4, 0.5) is 8.78 Å². The highest BCUT2D eigenvalue weighted by atomic mass is 19.2. The van der Waals surface area contributed by atoms with Gasteiger partial charge < -0.3 is 0 Å². The molecule has 0 amide bonds. The van der Waals surface area contributed by atoms with Crippen LogP contribution in [-0.4, -0.2) is 5.78 Å². The summed E-state index contributed by atoms with van der Waals surface area (Å²) in [6, 6.07) is 3.55. The summed E-state index contributed by atoms with van der Waals surface area (Å²) in [6.07, 6.45) is 1.38.